The lowest BCUT2D eigenvalue weighted by molar-refractivity contribution is 0.220. The first-order valence-corrected chi connectivity index (χ1v) is 8.76. The maximum absolute atomic E-state index is 12.2. The van der Waals surface area contributed by atoms with E-state index in [0.29, 0.717) is 17.6 Å². The highest BCUT2D eigenvalue weighted by molar-refractivity contribution is 7.15. The van der Waals surface area contributed by atoms with Gasteiger partial charge in [0.25, 0.3) is 0 Å². The van der Waals surface area contributed by atoms with E-state index >= 15 is 0 Å². The number of aryl methyl sites for hydroxylation is 1. The van der Waals surface area contributed by atoms with Gasteiger partial charge in [-0.3, -0.25) is 10.00 Å². The van der Waals surface area contributed by atoms with E-state index in [2.05, 4.69) is 20.6 Å². The number of rotatable bonds is 4. The molecule has 8 heteroatoms. The van der Waals surface area contributed by atoms with Crippen LogP contribution in [0.2, 0.25) is 0 Å². The fourth-order valence-electron chi connectivity index (χ4n) is 2.89. The second kappa shape index (κ2) is 7.08. The highest BCUT2D eigenvalue weighted by Gasteiger charge is 2.20. The van der Waals surface area contributed by atoms with Crippen molar-refractivity contribution in [2.75, 3.05) is 12.4 Å². The number of hydrogen-bond acceptors (Lipinski definition) is 5. The fraction of sp³-hybridized carbons (Fsp3) is 0.600. The van der Waals surface area contributed by atoms with Gasteiger partial charge in [-0.1, -0.05) is 30.6 Å². The Kier molecular flexibility index (Phi) is 4.90. The first-order chi connectivity index (χ1) is 11.1. The Bertz CT molecular complexity index is 660. The number of amides is 2. The minimum atomic E-state index is -0.180. The van der Waals surface area contributed by atoms with Crippen molar-refractivity contribution >= 4 is 22.5 Å². The molecular weight excluding hydrogens is 312 g/mol. The number of nitrogens with zero attached hydrogens (tertiary/aromatic N) is 5. The molecule has 0 aromatic carbocycles. The molecule has 0 saturated heterocycles. The van der Waals surface area contributed by atoms with Crippen LogP contribution in [0.5, 0.6) is 0 Å². The molecule has 2 heterocycles. The van der Waals surface area contributed by atoms with Crippen molar-refractivity contribution < 1.29 is 4.79 Å². The zero-order valence-electron chi connectivity index (χ0n) is 13.5. The van der Waals surface area contributed by atoms with Gasteiger partial charge in [-0.2, -0.15) is 5.10 Å². The zero-order valence-corrected chi connectivity index (χ0v) is 14.3. The lowest BCUT2D eigenvalue weighted by Gasteiger charge is -2.18. The normalized spacial score (nSPS) is 15.6. The van der Waals surface area contributed by atoms with Crippen molar-refractivity contribution in [2.45, 2.75) is 44.6 Å². The van der Waals surface area contributed by atoms with Gasteiger partial charge in [0.1, 0.15) is 5.01 Å². The predicted octanol–water partition coefficient (Wildman–Crippen LogP) is 2.98. The first-order valence-electron chi connectivity index (χ1n) is 7.95. The monoisotopic (exact) mass is 334 g/mol. The van der Waals surface area contributed by atoms with Crippen LogP contribution < -0.4 is 5.32 Å². The highest BCUT2D eigenvalue weighted by Crippen LogP contribution is 2.35. The van der Waals surface area contributed by atoms with E-state index in [1.54, 1.807) is 22.8 Å². The van der Waals surface area contributed by atoms with Crippen LogP contribution in [0.4, 0.5) is 9.93 Å². The van der Waals surface area contributed by atoms with Crippen LogP contribution in [0, 0.1) is 0 Å². The summed E-state index contributed by atoms with van der Waals surface area (Å²) in [4.78, 5) is 13.8. The van der Waals surface area contributed by atoms with Gasteiger partial charge in [0, 0.05) is 31.8 Å². The van der Waals surface area contributed by atoms with E-state index in [0.717, 1.165) is 10.6 Å². The van der Waals surface area contributed by atoms with Gasteiger partial charge < -0.3 is 4.90 Å². The maximum atomic E-state index is 12.2. The molecule has 0 unspecified atom stereocenters. The molecule has 3 rings (SSSR count). The molecule has 0 spiro atoms. The van der Waals surface area contributed by atoms with Crippen molar-refractivity contribution in [3.8, 4) is 0 Å². The summed E-state index contributed by atoms with van der Waals surface area (Å²) in [5.74, 6) is 0.514. The third-order valence-electron chi connectivity index (χ3n) is 4.13. The molecule has 7 nitrogen and oxygen atoms in total. The van der Waals surface area contributed by atoms with Crippen molar-refractivity contribution in [1.82, 2.24) is 24.9 Å². The molecule has 1 fully saturated rings. The summed E-state index contributed by atoms with van der Waals surface area (Å²) in [5.41, 5.74) is 0.991. The average Bonchev–Trinajstić information content (AvgIpc) is 3.17. The van der Waals surface area contributed by atoms with Gasteiger partial charge in [0.15, 0.2) is 0 Å². The molecule has 2 aromatic rings. The molecule has 0 radical (unpaired) electrons. The van der Waals surface area contributed by atoms with Crippen LogP contribution in [0.25, 0.3) is 0 Å². The molecule has 23 heavy (non-hydrogen) atoms. The summed E-state index contributed by atoms with van der Waals surface area (Å²) in [6.07, 6.45) is 9.87. The van der Waals surface area contributed by atoms with Crippen LogP contribution >= 0.6 is 11.3 Å². The van der Waals surface area contributed by atoms with E-state index in [4.69, 9.17) is 0 Å². The van der Waals surface area contributed by atoms with E-state index in [9.17, 15) is 4.79 Å². The molecule has 0 aliphatic heterocycles. The maximum Gasteiger partial charge on any atom is 0.323 e. The quantitative estimate of drug-likeness (QED) is 0.932. The molecule has 1 N–H and O–H groups in total. The Balaban J connectivity index is 1.55. The Morgan fingerprint density at radius 3 is 2.87 bits per heavy atom. The largest absolute Gasteiger partial charge is 0.323 e. The van der Waals surface area contributed by atoms with Crippen LogP contribution in [0.1, 0.15) is 48.6 Å². The van der Waals surface area contributed by atoms with Crippen molar-refractivity contribution in [2.24, 2.45) is 7.05 Å². The minimum Gasteiger partial charge on any atom is -0.323 e. The van der Waals surface area contributed by atoms with Gasteiger partial charge in [0.2, 0.25) is 5.13 Å². The van der Waals surface area contributed by atoms with E-state index < -0.39 is 0 Å². The molecule has 0 atom stereocenters. The number of carbonyl (C=O) groups excluding carboxylic acids is 1. The Morgan fingerprint density at radius 2 is 2.17 bits per heavy atom. The molecular formula is C15H22N6OS. The molecule has 2 aromatic heterocycles. The number of aromatic nitrogens is 4. The Hall–Kier alpha value is -1.96. The second-order valence-electron chi connectivity index (χ2n) is 6.09. The SMILES string of the molecule is CN(Cc1cnn(C)c1)C(=O)Nc1nnc(C2CCCCC2)s1. The Morgan fingerprint density at radius 1 is 1.39 bits per heavy atom. The summed E-state index contributed by atoms with van der Waals surface area (Å²) in [5, 5.41) is 16.9. The fourth-order valence-corrected chi connectivity index (χ4v) is 3.79. The van der Waals surface area contributed by atoms with Gasteiger partial charge >= 0.3 is 6.03 Å². The van der Waals surface area contributed by atoms with Gasteiger partial charge in [0.05, 0.1) is 12.7 Å². The van der Waals surface area contributed by atoms with Gasteiger partial charge in [-0.05, 0) is 12.8 Å². The molecule has 0 bridgehead atoms. The van der Waals surface area contributed by atoms with Gasteiger partial charge in [-0.25, -0.2) is 4.79 Å². The summed E-state index contributed by atoms with van der Waals surface area (Å²) in [6, 6.07) is -0.180. The number of hydrogen-bond donors (Lipinski definition) is 1. The van der Waals surface area contributed by atoms with Crippen molar-refractivity contribution in [3.05, 3.63) is 23.0 Å². The second-order valence-corrected chi connectivity index (χ2v) is 7.10. The van der Waals surface area contributed by atoms with Crippen LogP contribution in [-0.4, -0.2) is 38.0 Å². The predicted molar refractivity (Wildman–Crippen MR) is 89.4 cm³/mol. The van der Waals surface area contributed by atoms with Crippen LogP contribution in [0.3, 0.4) is 0 Å². The third-order valence-corrected chi connectivity index (χ3v) is 5.13. The topological polar surface area (TPSA) is 75.9 Å². The van der Waals surface area contributed by atoms with Crippen molar-refractivity contribution in [1.29, 1.82) is 0 Å². The van der Waals surface area contributed by atoms with E-state index in [1.165, 1.54) is 43.4 Å². The summed E-state index contributed by atoms with van der Waals surface area (Å²) in [7, 11) is 3.61. The summed E-state index contributed by atoms with van der Waals surface area (Å²) in [6.45, 7) is 0.508. The van der Waals surface area contributed by atoms with Crippen LogP contribution in [0.15, 0.2) is 12.4 Å². The lowest BCUT2D eigenvalue weighted by Crippen LogP contribution is -2.30. The highest BCUT2D eigenvalue weighted by atomic mass is 32.1. The molecule has 1 aliphatic carbocycles. The number of carbonyl (C=O) groups is 1. The van der Waals surface area contributed by atoms with Crippen LogP contribution in [-0.2, 0) is 13.6 Å². The third kappa shape index (κ3) is 4.07. The van der Waals surface area contributed by atoms with Gasteiger partial charge in [-0.15, -0.1) is 10.2 Å². The van der Waals surface area contributed by atoms with E-state index in [1.807, 2.05) is 13.2 Å². The van der Waals surface area contributed by atoms with Crippen molar-refractivity contribution in [3.63, 3.8) is 0 Å². The smallest absolute Gasteiger partial charge is 0.323 e. The molecule has 124 valence electrons. The summed E-state index contributed by atoms with van der Waals surface area (Å²) >= 11 is 1.50. The number of nitrogens with one attached hydrogen (secondary N) is 1. The van der Waals surface area contributed by atoms with E-state index in [-0.39, 0.29) is 6.03 Å². The Labute approximate surface area is 139 Å². The average molecular weight is 334 g/mol. The summed E-state index contributed by atoms with van der Waals surface area (Å²) < 4.78 is 1.72. The molecule has 1 aliphatic rings. The zero-order chi connectivity index (χ0) is 16.2. The standard InChI is InChI=1S/C15H22N6OS/c1-20(9-11-8-16-21(2)10-11)15(22)17-14-19-18-13(23-14)12-6-4-3-5-7-12/h8,10,12H,3-7,9H2,1-2H3,(H,17,19,22). The number of urea groups is 1. The molecule has 1 saturated carbocycles. The number of anilines is 1. The first kappa shape index (κ1) is 15.9. The minimum absolute atomic E-state index is 0.180. The lowest BCUT2D eigenvalue weighted by atomic mass is 9.90. The molecule has 2 amide bonds.